The number of fused-ring (bicyclic) bond motifs is 1. The molecular formula is C22H20FN5OS. The summed E-state index contributed by atoms with van der Waals surface area (Å²) in [6.07, 6.45) is 6.64. The fraction of sp³-hybridized carbons (Fsp3) is 0.227. The Kier molecular flexibility index (Phi) is 4.71. The van der Waals surface area contributed by atoms with E-state index in [4.69, 9.17) is 0 Å². The molecular weight excluding hydrogens is 401 g/mol. The Morgan fingerprint density at radius 2 is 2.07 bits per heavy atom. The monoisotopic (exact) mass is 421 g/mol. The molecule has 30 heavy (non-hydrogen) atoms. The number of aryl methyl sites for hydroxylation is 1. The summed E-state index contributed by atoms with van der Waals surface area (Å²) in [6.45, 7) is 3.62. The number of carbonyl (C=O) groups excluding carboxylic acids is 1. The molecule has 1 atom stereocenters. The molecule has 1 aliphatic heterocycles. The van der Waals surface area contributed by atoms with E-state index in [-0.39, 0.29) is 17.8 Å². The summed E-state index contributed by atoms with van der Waals surface area (Å²) in [5.41, 5.74) is 3.48. The van der Waals surface area contributed by atoms with Crippen LogP contribution in [0.2, 0.25) is 0 Å². The van der Waals surface area contributed by atoms with E-state index in [1.807, 2.05) is 12.4 Å². The number of nitrogens with one attached hydrogen (secondary N) is 1. The van der Waals surface area contributed by atoms with Crippen LogP contribution in [0.25, 0.3) is 16.1 Å². The van der Waals surface area contributed by atoms with Gasteiger partial charge >= 0.3 is 0 Å². The second-order valence-corrected chi connectivity index (χ2v) is 8.31. The van der Waals surface area contributed by atoms with Gasteiger partial charge in [0.1, 0.15) is 16.5 Å². The molecule has 1 N–H and O–H groups in total. The topological polar surface area (TPSA) is 62.5 Å². The van der Waals surface area contributed by atoms with Crippen LogP contribution in [0, 0.1) is 12.7 Å². The minimum atomic E-state index is -0.292. The van der Waals surface area contributed by atoms with Crippen LogP contribution in [-0.4, -0.2) is 39.4 Å². The highest BCUT2D eigenvalue weighted by Crippen LogP contribution is 2.27. The highest BCUT2D eigenvalue weighted by molar-refractivity contribution is 7.13. The summed E-state index contributed by atoms with van der Waals surface area (Å²) in [5, 5.41) is 5.54. The van der Waals surface area contributed by atoms with E-state index in [2.05, 4.69) is 37.6 Å². The average molecular weight is 422 g/mol. The van der Waals surface area contributed by atoms with Gasteiger partial charge in [-0.25, -0.2) is 14.4 Å². The minimum absolute atomic E-state index is 0.0331. The van der Waals surface area contributed by atoms with E-state index >= 15 is 0 Å². The minimum Gasteiger partial charge on any atom is -0.353 e. The van der Waals surface area contributed by atoms with E-state index in [9.17, 15) is 9.18 Å². The van der Waals surface area contributed by atoms with E-state index in [1.165, 1.54) is 29.0 Å². The van der Waals surface area contributed by atoms with Crippen molar-refractivity contribution in [3.05, 3.63) is 71.4 Å². The van der Waals surface area contributed by atoms with Gasteiger partial charge in [0.05, 0.1) is 5.52 Å². The van der Waals surface area contributed by atoms with Crippen LogP contribution in [0.3, 0.4) is 0 Å². The van der Waals surface area contributed by atoms with Gasteiger partial charge in [-0.15, -0.1) is 11.3 Å². The van der Waals surface area contributed by atoms with E-state index in [1.54, 1.807) is 23.7 Å². The summed E-state index contributed by atoms with van der Waals surface area (Å²) >= 11 is 1.38. The molecule has 1 aliphatic rings. The largest absolute Gasteiger partial charge is 0.353 e. The molecule has 1 fully saturated rings. The van der Waals surface area contributed by atoms with E-state index in [0.717, 1.165) is 29.9 Å². The van der Waals surface area contributed by atoms with E-state index < -0.39 is 0 Å². The maximum absolute atomic E-state index is 13.1. The maximum Gasteiger partial charge on any atom is 0.271 e. The molecule has 4 heterocycles. The Hall–Kier alpha value is -3.26. The fourth-order valence-corrected chi connectivity index (χ4v) is 4.67. The van der Waals surface area contributed by atoms with Gasteiger partial charge < -0.3 is 14.6 Å². The molecule has 3 aromatic heterocycles. The van der Waals surface area contributed by atoms with Crippen molar-refractivity contribution < 1.29 is 9.18 Å². The van der Waals surface area contributed by atoms with Crippen molar-refractivity contribution in [1.29, 1.82) is 0 Å². The lowest BCUT2D eigenvalue weighted by atomic mass is 10.2. The van der Waals surface area contributed by atoms with Crippen molar-refractivity contribution in [2.75, 3.05) is 18.0 Å². The highest BCUT2D eigenvalue weighted by atomic mass is 32.1. The number of halogens is 1. The molecule has 0 spiro atoms. The predicted octanol–water partition coefficient (Wildman–Crippen LogP) is 3.91. The lowest BCUT2D eigenvalue weighted by Crippen LogP contribution is -2.37. The van der Waals surface area contributed by atoms with Crippen molar-refractivity contribution >= 4 is 28.6 Å². The lowest BCUT2D eigenvalue weighted by molar-refractivity contribution is 0.0936. The normalized spacial score (nSPS) is 16.3. The van der Waals surface area contributed by atoms with Crippen LogP contribution in [0.4, 0.5) is 10.2 Å². The molecule has 1 aromatic carbocycles. The summed E-state index contributed by atoms with van der Waals surface area (Å²) < 4.78 is 15.2. The zero-order chi connectivity index (χ0) is 20.7. The number of thiazole rings is 1. The van der Waals surface area contributed by atoms with Crippen molar-refractivity contribution in [3.63, 3.8) is 0 Å². The Morgan fingerprint density at radius 3 is 2.90 bits per heavy atom. The molecule has 0 saturated carbocycles. The van der Waals surface area contributed by atoms with Gasteiger partial charge in [-0.1, -0.05) is 0 Å². The first-order valence-corrected chi connectivity index (χ1v) is 10.7. The third-order valence-corrected chi connectivity index (χ3v) is 6.30. The molecule has 0 aliphatic carbocycles. The van der Waals surface area contributed by atoms with Crippen LogP contribution in [0.1, 0.15) is 22.5 Å². The van der Waals surface area contributed by atoms with Gasteiger partial charge in [-0.05, 0) is 49.2 Å². The van der Waals surface area contributed by atoms with Crippen LogP contribution in [0.5, 0.6) is 0 Å². The number of aromatic nitrogens is 3. The zero-order valence-electron chi connectivity index (χ0n) is 16.4. The molecule has 8 heteroatoms. The number of amides is 1. The van der Waals surface area contributed by atoms with Crippen LogP contribution in [-0.2, 0) is 0 Å². The molecule has 0 radical (unpaired) electrons. The number of hydrogen-bond donors (Lipinski definition) is 1. The number of hydrogen-bond acceptors (Lipinski definition) is 5. The smallest absolute Gasteiger partial charge is 0.271 e. The second kappa shape index (κ2) is 7.53. The summed E-state index contributed by atoms with van der Waals surface area (Å²) in [6, 6.07) is 8.24. The fourth-order valence-electron chi connectivity index (χ4n) is 3.87. The average Bonchev–Trinajstić information content (AvgIpc) is 3.49. The van der Waals surface area contributed by atoms with Crippen molar-refractivity contribution in [3.8, 4) is 10.6 Å². The second-order valence-electron chi connectivity index (χ2n) is 7.46. The van der Waals surface area contributed by atoms with Gasteiger partial charge in [-0.2, -0.15) is 0 Å². The van der Waals surface area contributed by atoms with E-state index in [0.29, 0.717) is 17.2 Å². The Balaban J connectivity index is 1.27. The maximum atomic E-state index is 13.1. The van der Waals surface area contributed by atoms with Gasteiger partial charge in [-0.3, -0.25) is 4.79 Å². The van der Waals surface area contributed by atoms with Gasteiger partial charge in [0.25, 0.3) is 5.91 Å². The number of carbonyl (C=O) groups is 1. The lowest BCUT2D eigenvalue weighted by Gasteiger charge is -2.19. The highest BCUT2D eigenvalue weighted by Gasteiger charge is 2.27. The molecule has 6 nitrogen and oxygen atoms in total. The first-order valence-electron chi connectivity index (χ1n) is 9.78. The van der Waals surface area contributed by atoms with Crippen molar-refractivity contribution in [2.45, 2.75) is 19.4 Å². The standard InChI is InChI=1S/C22H20FN5OS/c1-14-6-9-27-11-8-24-20(19(14)27)28-10-7-17(12-28)25-21(29)18-13-30-22(26-18)15-2-4-16(23)5-3-15/h2-6,8-9,11,13,17H,7,10,12H2,1H3,(H,25,29). The molecule has 1 unspecified atom stereocenters. The Labute approximate surface area is 177 Å². The van der Waals surface area contributed by atoms with Gasteiger partial charge in [0.15, 0.2) is 5.82 Å². The summed E-state index contributed by atoms with van der Waals surface area (Å²) in [7, 11) is 0. The number of anilines is 1. The van der Waals surface area contributed by atoms with Crippen molar-refractivity contribution in [2.24, 2.45) is 0 Å². The molecule has 4 aromatic rings. The molecule has 1 amide bonds. The summed E-state index contributed by atoms with van der Waals surface area (Å²) in [4.78, 5) is 23.9. The molecule has 1 saturated heterocycles. The van der Waals surface area contributed by atoms with Crippen LogP contribution in [0.15, 0.2) is 54.3 Å². The quantitative estimate of drug-likeness (QED) is 0.543. The van der Waals surface area contributed by atoms with Gasteiger partial charge in [0, 0.05) is 48.7 Å². The zero-order valence-corrected chi connectivity index (χ0v) is 17.2. The third kappa shape index (κ3) is 3.43. The summed E-state index contributed by atoms with van der Waals surface area (Å²) in [5.74, 6) is 0.472. The van der Waals surface area contributed by atoms with Gasteiger partial charge in [0.2, 0.25) is 0 Å². The number of rotatable bonds is 4. The van der Waals surface area contributed by atoms with Crippen molar-refractivity contribution in [1.82, 2.24) is 19.7 Å². The first-order chi connectivity index (χ1) is 14.6. The van der Waals surface area contributed by atoms with Crippen LogP contribution < -0.4 is 10.2 Å². The Bertz CT molecular complexity index is 1220. The molecule has 0 bridgehead atoms. The SMILES string of the molecule is Cc1ccn2ccnc(N3CCC(NC(=O)c4csc(-c5ccc(F)cc5)n4)C3)c12. The first kappa shape index (κ1) is 18.7. The molecule has 5 rings (SSSR count). The number of benzene rings is 1. The molecule has 152 valence electrons. The predicted molar refractivity (Wildman–Crippen MR) is 116 cm³/mol. The third-order valence-electron chi connectivity index (χ3n) is 5.40. The Morgan fingerprint density at radius 1 is 1.23 bits per heavy atom. The van der Waals surface area contributed by atoms with Crippen LogP contribution >= 0.6 is 11.3 Å². The number of nitrogens with zero attached hydrogens (tertiary/aromatic N) is 4.